The van der Waals surface area contributed by atoms with Crippen LogP contribution >= 0.6 is 0 Å². The summed E-state index contributed by atoms with van der Waals surface area (Å²) in [5.74, 6) is 0.895. The van der Waals surface area contributed by atoms with Gasteiger partial charge in [-0.25, -0.2) is 0 Å². The fourth-order valence-corrected chi connectivity index (χ4v) is 3.27. The molecular weight excluding hydrogens is 236 g/mol. The van der Waals surface area contributed by atoms with E-state index < -0.39 is 0 Å². The Kier molecular flexibility index (Phi) is 6.84. The zero-order valence-corrected chi connectivity index (χ0v) is 13.0. The molecule has 0 radical (unpaired) electrons. The van der Waals surface area contributed by atoms with Crippen LogP contribution in [0.2, 0.25) is 0 Å². The van der Waals surface area contributed by atoms with E-state index >= 15 is 0 Å². The normalized spacial score (nSPS) is 28.9. The number of amides is 1. The van der Waals surface area contributed by atoms with E-state index in [4.69, 9.17) is 5.73 Å². The van der Waals surface area contributed by atoms with Crippen molar-refractivity contribution in [1.29, 1.82) is 0 Å². The van der Waals surface area contributed by atoms with Gasteiger partial charge in [0.05, 0.1) is 5.54 Å². The lowest BCUT2D eigenvalue weighted by atomic mass is 9.73. The Hall–Kier alpha value is -0.570. The summed E-state index contributed by atoms with van der Waals surface area (Å²) in [6, 6.07) is 0. The van der Waals surface area contributed by atoms with Crippen LogP contribution in [0.1, 0.15) is 72.1 Å². The molecule has 3 heteroatoms. The van der Waals surface area contributed by atoms with Gasteiger partial charge in [-0.2, -0.15) is 0 Å². The van der Waals surface area contributed by atoms with Crippen molar-refractivity contribution in [3.63, 3.8) is 0 Å². The number of carbonyl (C=O) groups excluding carboxylic acids is 1. The first kappa shape index (κ1) is 16.5. The molecule has 112 valence electrons. The third kappa shape index (κ3) is 4.20. The average molecular weight is 268 g/mol. The van der Waals surface area contributed by atoms with Gasteiger partial charge >= 0.3 is 0 Å². The van der Waals surface area contributed by atoms with Gasteiger partial charge in [0.15, 0.2) is 0 Å². The first-order chi connectivity index (χ1) is 9.09. The largest absolute Gasteiger partial charge is 0.349 e. The van der Waals surface area contributed by atoms with E-state index in [1.807, 2.05) is 0 Å². The summed E-state index contributed by atoms with van der Waals surface area (Å²) < 4.78 is 0. The van der Waals surface area contributed by atoms with Crippen LogP contribution in [0.4, 0.5) is 0 Å². The van der Waals surface area contributed by atoms with Crippen molar-refractivity contribution >= 4 is 5.91 Å². The summed E-state index contributed by atoms with van der Waals surface area (Å²) in [6.07, 6.45) is 8.91. The molecule has 3 N–H and O–H groups in total. The molecule has 0 bridgehead atoms. The van der Waals surface area contributed by atoms with E-state index in [0.717, 1.165) is 32.1 Å². The number of unbranched alkanes of at least 4 members (excludes halogenated alkanes) is 1. The van der Waals surface area contributed by atoms with Gasteiger partial charge in [0, 0.05) is 12.5 Å². The predicted octanol–water partition coefficient (Wildman–Crippen LogP) is 3.23. The molecule has 1 rings (SSSR count). The van der Waals surface area contributed by atoms with Crippen molar-refractivity contribution in [1.82, 2.24) is 5.32 Å². The van der Waals surface area contributed by atoms with Crippen molar-refractivity contribution < 1.29 is 4.79 Å². The smallest absolute Gasteiger partial charge is 0.223 e. The van der Waals surface area contributed by atoms with E-state index in [1.54, 1.807) is 0 Å². The molecular formula is C16H32N2O. The zero-order chi connectivity index (χ0) is 14.3. The SMILES string of the molecule is CCCCC(CC)C(=O)NC1(CN)CCCCC1C. The lowest BCUT2D eigenvalue weighted by Gasteiger charge is -2.43. The van der Waals surface area contributed by atoms with Gasteiger partial charge in [0.25, 0.3) is 0 Å². The third-order valence-corrected chi connectivity index (χ3v) is 4.96. The summed E-state index contributed by atoms with van der Waals surface area (Å²) >= 11 is 0. The fourth-order valence-electron chi connectivity index (χ4n) is 3.27. The summed E-state index contributed by atoms with van der Waals surface area (Å²) in [6.45, 7) is 7.10. The van der Waals surface area contributed by atoms with Crippen LogP contribution in [0.3, 0.4) is 0 Å². The lowest BCUT2D eigenvalue weighted by molar-refractivity contribution is -0.128. The molecule has 1 aliphatic rings. The summed E-state index contributed by atoms with van der Waals surface area (Å²) in [4.78, 5) is 12.5. The minimum Gasteiger partial charge on any atom is -0.349 e. The molecule has 0 saturated heterocycles. The van der Waals surface area contributed by atoms with Crippen molar-refractivity contribution in [3.05, 3.63) is 0 Å². The van der Waals surface area contributed by atoms with Crippen LogP contribution in [0, 0.1) is 11.8 Å². The minimum atomic E-state index is -0.144. The molecule has 19 heavy (non-hydrogen) atoms. The number of carbonyl (C=O) groups is 1. The standard InChI is InChI=1S/C16H32N2O/c1-4-6-10-14(5-2)15(19)18-16(12-17)11-8-7-9-13(16)3/h13-14H,4-12,17H2,1-3H3,(H,18,19). The predicted molar refractivity (Wildman–Crippen MR) is 80.9 cm³/mol. The average Bonchev–Trinajstić information content (AvgIpc) is 2.42. The van der Waals surface area contributed by atoms with Gasteiger partial charge in [0.2, 0.25) is 5.91 Å². The van der Waals surface area contributed by atoms with Gasteiger partial charge < -0.3 is 11.1 Å². The zero-order valence-electron chi connectivity index (χ0n) is 13.0. The van der Waals surface area contributed by atoms with Crippen LogP contribution in [0.15, 0.2) is 0 Å². The Morgan fingerprint density at radius 1 is 1.42 bits per heavy atom. The Labute approximate surface area is 118 Å². The van der Waals surface area contributed by atoms with Gasteiger partial charge in [-0.15, -0.1) is 0 Å². The molecule has 3 unspecified atom stereocenters. The monoisotopic (exact) mass is 268 g/mol. The highest BCUT2D eigenvalue weighted by atomic mass is 16.2. The number of nitrogens with one attached hydrogen (secondary N) is 1. The second kappa shape index (κ2) is 7.88. The Bertz CT molecular complexity index is 280. The molecule has 1 amide bonds. The molecule has 0 aliphatic heterocycles. The summed E-state index contributed by atoms with van der Waals surface area (Å²) in [5, 5.41) is 3.33. The highest BCUT2D eigenvalue weighted by molar-refractivity contribution is 5.79. The van der Waals surface area contributed by atoms with Crippen LogP contribution in [0.25, 0.3) is 0 Å². The van der Waals surface area contributed by atoms with Gasteiger partial charge in [-0.05, 0) is 31.6 Å². The molecule has 3 atom stereocenters. The van der Waals surface area contributed by atoms with E-state index in [2.05, 4.69) is 26.1 Å². The van der Waals surface area contributed by atoms with Gasteiger partial charge in [-0.1, -0.05) is 46.5 Å². The van der Waals surface area contributed by atoms with Crippen molar-refractivity contribution in [2.75, 3.05) is 6.54 Å². The van der Waals surface area contributed by atoms with Gasteiger partial charge in [0.1, 0.15) is 0 Å². The van der Waals surface area contributed by atoms with E-state index in [9.17, 15) is 4.79 Å². The van der Waals surface area contributed by atoms with Crippen LogP contribution in [0.5, 0.6) is 0 Å². The Morgan fingerprint density at radius 2 is 2.16 bits per heavy atom. The number of hydrogen-bond acceptors (Lipinski definition) is 2. The summed E-state index contributed by atoms with van der Waals surface area (Å²) in [5.41, 5.74) is 5.86. The maximum absolute atomic E-state index is 12.5. The molecule has 1 aliphatic carbocycles. The molecule has 1 saturated carbocycles. The van der Waals surface area contributed by atoms with Crippen LogP contribution in [-0.2, 0) is 4.79 Å². The molecule has 3 nitrogen and oxygen atoms in total. The van der Waals surface area contributed by atoms with Crippen molar-refractivity contribution in [2.24, 2.45) is 17.6 Å². The third-order valence-electron chi connectivity index (χ3n) is 4.96. The highest BCUT2D eigenvalue weighted by Gasteiger charge is 2.39. The maximum atomic E-state index is 12.5. The van der Waals surface area contributed by atoms with Crippen molar-refractivity contribution in [2.45, 2.75) is 77.7 Å². The lowest BCUT2D eigenvalue weighted by Crippen LogP contribution is -2.60. The molecule has 0 aromatic carbocycles. The molecule has 1 fully saturated rings. The number of hydrogen-bond donors (Lipinski definition) is 2. The highest BCUT2D eigenvalue weighted by Crippen LogP contribution is 2.33. The van der Waals surface area contributed by atoms with E-state index in [1.165, 1.54) is 19.3 Å². The van der Waals surface area contributed by atoms with E-state index in [-0.39, 0.29) is 17.4 Å². The molecule has 0 spiro atoms. The maximum Gasteiger partial charge on any atom is 0.223 e. The number of rotatable bonds is 7. The van der Waals surface area contributed by atoms with Crippen LogP contribution in [-0.4, -0.2) is 18.0 Å². The molecule has 0 heterocycles. The minimum absolute atomic E-state index is 0.144. The van der Waals surface area contributed by atoms with Crippen molar-refractivity contribution in [3.8, 4) is 0 Å². The Morgan fingerprint density at radius 3 is 2.68 bits per heavy atom. The first-order valence-corrected chi connectivity index (χ1v) is 8.11. The Balaban J connectivity index is 2.65. The van der Waals surface area contributed by atoms with E-state index in [0.29, 0.717) is 12.5 Å². The molecule has 0 aromatic heterocycles. The quantitative estimate of drug-likeness (QED) is 0.745. The number of nitrogens with two attached hydrogens (primary N) is 1. The second-order valence-electron chi connectivity index (χ2n) is 6.24. The topological polar surface area (TPSA) is 55.1 Å². The first-order valence-electron chi connectivity index (χ1n) is 8.11. The van der Waals surface area contributed by atoms with Crippen LogP contribution < -0.4 is 11.1 Å². The fraction of sp³-hybridized carbons (Fsp3) is 0.938. The second-order valence-corrected chi connectivity index (χ2v) is 6.24. The van der Waals surface area contributed by atoms with Gasteiger partial charge in [-0.3, -0.25) is 4.79 Å². The summed E-state index contributed by atoms with van der Waals surface area (Å²) in [7, 11) is 0. The molecule has 0 aromatic rings.